The lowest BCUT2D eigenvalue weighted by Gasteiger charge is -2.37. The average Bonchev–Trinajstić information content (AvgIpc) is 2.33. The second kappa shape index (κ2) is 5.41. The first-order chi connectivity index (χ1) is 8.90. The lowest BCUT2D eigenvalue weighted by Crippen LogP contribution is -2.37. The average molecular weight is 281 g/mol. The zero-order valence-electron chi connectivity index (χ0n) is 11.5. The van der Waals surface area contributed by atoms with Crippen molar-refractivity contribution in [1.82, 2.24) is 0 Å². The lowest BCUT2D eigenvalue weighted by atomic mass is 9.68. The Balaban J connectivity index is 2.14. The van der Waals surface area contributed by atoms with Gasteiger partial charge in [0.25, 0.3) is 0 Å². The third kappa shape index (κ3) is 3.21. The maximum atomic E-state index is 12.4. The van der Waals surface area contributed by atoms with Gasteiger partial charge in [0.15, 0.2) is 0 Å². The van der Waals surface area contributed by atoms with Crippen molar-refractivity contribution >= 4 is 28.9 Å². The summed E-state index contributed by atoms with van der Waals surface area (Å²) < 4.78 is 0. The van der Waals surface area contributed by atoms with E-state index in [-0.39, 0.29) is 17.2 Å². The minimum absolute atomic E-state index is 0.0413. The van der Waals surface area contributed by atoms with E-state index in [0.29, 0.717) is 16.4 Å². The van der Waals surface area contributed by atoms with E-state index in [1.807, 2.05) is 0 Å². The molecule has 1 aliphatic rings. The minimum atomic E-state index is 0.0413. The van der Waals surface area contributed by atoms with Crippen molar-refractivity contribution in [1.29, 1.82) is 0 Å². The number of nitrogen functional groups attached to an aromatic ring is 1. The number of amides is 1. The normalized spacial score (nSPS) is 21.9. The van der Waals surface area contributed by atoms with E-state index in [1.165, 1.54) is 6.42 Å². The molecule has 0 aliphatic heterocycles. The van der Waals surface area contributed by atoms with Crippen molar-refractivity contribution in [2.24, 2.45) is 11.3 Å². The van der Waals surface area contributed by atoms with Crippen molar-refractivity contribution in [2.45, 2.75) is 39.5 Å². The zero-order valence-corrected chi connectivity index (χ0v) is 12.3. The number of benzene rings is 1. The van der Waals surface area contributed by atoms with Gasteiger partial charge in [0, 0.05) is 10.9 Å². The van der Waals surface area contributed by atoms with Gasteiger partial charge in [0.1, 0.15) is 0 Å². The fourth-order valence-corrected chi connectivity index (χ4v) is 3.01. The molecule has 1 fully saturated rings. The van der Waals surface area contributed by atoms with Crippen LogP contribution in [0.3, 0.4) is 0 Å². The number of nitrogens with one attached hydrogen (secondary N) is 1. The van der Waals surface area contributed by atoms with E-state index in [1.54, 1.807) is 18.2 Å². The summed E-state index contributed by atoms with van der Waals surface area (Å²) in [4.78, 5) is 12.4. The second-order valence-corrected chi connectivity index (χ2v) is 6.44. The molecule has 104 valence electrons. The molecule has 2 rings (SSSR count). The van der Waals surface area contributed by atoms with Gasteiger partial charge in [-0.1, -0.05) is 38.3 Å². The number of anilines is 2. The molecule has 1 saturated carbocycles. The predicted octanol–water partition coefficient (Wildman–Crippen LogP) is 4.08. The van der Waals surface area contributed by atoms with Crippen molar-refractivity contribution in [3.8, 4) is 0 Å². The maximum Gasteiger partial charge on any atom is 0.228 e. The van der Waals surface area contributed by atoms with Crippen LogP contribution in [0.25, 0.3) is 0 Å². The van der Waals surface area contributed by atoms with E-state index < -0.39 is 0 Å². The molecule has 3 nitrogen and oxygen atoms in total. The maximum absolute atomic E-state index is 12.4. The summed E-state index contributed by atoms with van der Waals surface area (Å²) in [7, 11) is 0. The molecule has 0 aromatic heterocycles. The number of hydrogen-bond acceptors (Lipinski definition) is 2. The Morgan fingerprint density at radius 3 is 2.84 bits per heavy atom. The Kier molecular flexibility index (Phi) is 4.04. The summed E-state index contributed by atoms with van der Waals surface area (Å²) in [5.74, 6) is 0.0956. The molecule has 0 bridgehead atoms. The van der Waals surface area contributed by atoms with Crippen molar-refractivity contribution in [3.05, 3.63) is 23.2 Å². The summed E-state index contributed by atoms with van der Waals surface area (Å²) in [6, 6.07) is 5.13. The number of hydrogen-bond donors (Lipinski definition) is 2. The number of carbonyl (C=O) groups excluding carboxylic acids is 1. The molecule has 0 radical (unpaired) electrons. The fourth-order valence-electron chi connectivity index (χ4n) is 2.84. The predicted molar refractivity (Wildman–Crippen MR) is 80.2 cm³/mol. The van der Waals surface area contributed by atoms with Crippen LogP contribution >= 0.6 is 11.6 Å². The third-order valence-electron chi connectivity index (χ3n) is 4.10. The highest BCUT2D eigenvalue weighted by molar-refractivity contribution is 6.31. The fraction of sp³-hybridized carbons (Fsp3) is 0.533. The van der Waals surface area contributed by atoms with Gasteiger partial charge >= 0.3 is 0 Å². The summed E-state index contributed by atoms with van der Waals surface area (Å²) in [5, 5.41) is 3.50. The molecular formula is C15H21ClN2O. The second-order valence-electron chi connectivity index (χ2n) is 6.01. The molecule has 3 N–H and O–H groups in total. The monoisotopic (exact) mass is 280 g/mol. The summed E-state index contributed by atoms with van der Waals surface area (Å²) in [6.07, 6.45) is 4.36. The number of carbonyl (C=O) groups is 1. The van der Waals surface area contributed by atoms with Gasteiger partial charge in [-0.05, 0) is 36.5 Å². The Morgan fingerprint density at radius 2 is 2.16 bits per heavy atom. The van der Waals surface area contributed by atoms with Crippen LogP contribution in [0.4, 0.5) is 11.4 Å². The van der Waals surface area contributed by atoms with Crippen LogP contribution in [0.15, 0.2) is 18.2 Å². The molecule has 0 spiro atoms. The smallest absolute Gasteiger partial charge is 0.228 e. The SMILES string of the molecule is CC1(C)CCCCC1C(=O)Nc1cc(Cl)ccc1N. The number of halogens is 1. The Hall–Kier alpha value is -1.22. The van der Waals surface area contributed by atoms with E-state index in [4.69, 9.17) is 17.3 Å². The first-order valence-corrected chi connectivity index (χ1v) is 7.14. The van der Waals surface area contributed by atoms with Crippen molar-refractivity contribution in [3.63, 3.8) is 0 Å². The summed E-state index contributed by atoms with van der Waals surface area (Å²) >= 11 is 5.94. The number of nitrogens with two attached hydrogens (primary N) is 1. The Morgan fingerprint density at radius 1 is 1.42 bits per heavy atom. The molecular weight excluding hydrogens is 260 g/mol. The molecule has 4 heteroatoms. The van der Waals surface area contributed by atoms with Crippen LogP contribution in [0.5, 0.6) is 0 Å². The molecule has 0 saturated heterocycles. The standard InChI is InChI=1S/C15H21ClN2O/c1-15(2)8-4-3-5-11(15)14(19)18-13-9-10(16)6-7-12(13)17/h6-7,9,11H,3-5,8,17H2,1-2H3,(H,18,19). The third-order valence-corrected chi connectivity index (χ3v) is 4.33. The van der Waals surface area contributed by atoms with Gasteiger partial charge in [-0.3, -0.25) is 4.79 Å². The van der Waals surface area contributed by atoms with Crippen LogP contribution in [-0.4, -0.2) is 5.91 Å². The largest absolute Gasteiger partial charge is 0.397 e. The molecule has 1 aromatic rings. The van der Waals surface area contributed by atoms with Gasteiger partial charge in [-0.15, -0.1) is 0 Å². The van der Waals surface area contributed by atoms with Gasteiger partial charge in [-0.25, -0.2) is 0 Å². The molecule has 0 heterocycles. The van der Waals surface area contributed by atoms with Gasteiger partial charge < -0.3 is 11.1 Å². The molecule has 1 aromatic carbocycles. The number of rotatable bonds is 2. The quantitative estimate of drug-likeness (QED) is 0.802. The van der Waals surface area contributed by atoms with Gasteiger partial charge in [0.2, 0.25) is 5.91 Å². The summed E-state index contributed by atoms with van der Waals surface area (Å²) in [5.41, 5.74) is 7.07. The van der Waals surface area contributed by atoms with E-state index >= 15 is 0 Å². The van der Waals surface area contributed by atoms with Gasteiger partial charge in [0.05, 0.1) is 11.4 Å². The molecule has 19 heavy (non-hydrogen) atoms. The van der Waals surface area contributed by atoms with Crippen LogP contribution in [-0.2, 0) is 4.79 Å². The molecule has 1 amide bonds. The van der Waals surface area contributed by atoms with E-state index in [9.17, 15) is 4.79 Å². The summed E-state index contributed by atoms with van der Waals surface area (Å²) in [6.45, 7) is 4.33. The highest BCUT2D eigenvalue weighted by Gasteiger charge is 2.37. The zero-order chi connectivity index (χ0) is 14.0. The van der Waals surface area contributed by atoms with Crippen LogP contribution in [0.1, 0.15) is 39.5 Å². The van der Waals surface area contributed by atoms with Crippen molar-refractivity contribution < 1.29 is 4.79 Å². The van der Waals surface area contributed by atoms with Crippen LogP contribution < -0.4 is 11.1 Å². The Labute approximate surface area is 119 Å². The van der Waals surface area contributed by atoms with Crippen molar-refractivity contribution in [2.75, 3.05) is 11.1 Å². The highest BCUT2D eigenvalue weighted by Crippen LogP contribution is 2.41. The van der Waals surface area contributed by atoms with Gasteiger partial charge in [-0.2, -0.15) is 0 Å². The minimum Gasteiger partial charge on any atom is -0.397 e. The van der Waals surface area contributed by atoms with Crippen LogP contribution in [0, 0.1) is 11.3 Å². The molecule has 1 aliphatic carbocycles. The molecule has 1 unspecified atom stereocenters. The van der Waals surface area contributed by atoms with E-state index in [2.05, 4.69) is 19.2 Å². The first kappa shape index (κ1) is 14.2. The highest BCUT2D eigenvalue weighted by atomic mass is 35.5. The Bertz CT molecular complexity index is 485. The topological polar surface area (TPSA) is 55.1 Å². The van der Waals surface area contributed by atoms with Crippen LogP contribution in [0.2, 0.25) is 5.02 Å². The van der Waals surface area contributed by atoms with E-state index in [0.717, 1.165) is 19.3 Å². The first-order valence-electron chi connectivity index (χ1n) is 6.76. The molecule has 1 atom stereocenters. The lowest BCUT2D eigenvalue weighted by molar-refractivity contribution is -0.124.